The molecule has 146 valence electrons. The number of hydrogen-bond donors (Lipinski definition) is 1. The lowest BCUT2D eigenvalue weighted by molar-refractivity contribution is -0.138. The fourth-order valence-electron chi connectivity index (χ4n) is 3.67. The molecule has 2 aliphatic rings. The van der Waals surface area contributed by atoms with Crippen molar-refractivity contribution < 1.29 is 13.2 Å². The molecule has 1 saturated carbocycles. The van der Waals surface area contributed by atoms with Gasteiger partial charge in [-0.15, -0.1) is 0 Å². The van der Waals surface area contributed by atoms with Crippen molar-refractivity contribution in [2.45, 2.75) is 50.9 Å². The van der Waals surface area contributed by atoms with Gasteiger partial charge in [0.1, 0.15) is 11.9 Å². The predicted molar refractivity (Wildman–Crippen MR) is 94.2 cm³/mol. The number of imidazole rings is 1. The minimum atomic E-state index is -4.44. The molecule has 1 N–H and O–H groups in total. The monoisotopic (exact) mass is 389 g/mol. The number of anilines is 2. The molecule has 0 bridgehead atoms. The van der Waals surface area contributed by atoms with E-state index in [4.69, 9.17) is 0 Å². The number of nitrogens with zero attached hydrogens (tertiary/aromatic N) is 6. The molecule has 7 nitrogen and oxygen atoms in total. The van der Waals surface area contributed by atoms with E-state index in [1.54, 1.807) is 6.20 Å². The summed E-state index contributed by atoms with van der Waals surface area (Å²) in [4.78, 5) is 12.5. The van der Waals surface area contributed by atoms with Crippen LogP contribution in [0, 0.1) is 6.92 Å². The molecule has 0 amide bonds. The van der Waals surface area contributed by atoms with Crippen LogP contribution in [0.5, 0.6) is 0 Å². The van der Waals surface area contributed by atoms with Crippen molar-refractivity contribution in [2.75, 3.05) is 5.32 Å². The van der Waals surface area contributed by atoms with Crippen molar-refractivity contribution in [3.05, 3.63) is 47.6 Å². The Hall–Kier alpha value is -2.91. The third kappa shape index (κ3) is 2.92. The molecular weight excluding hydrogens is 371 g/mol. The van der Waals surface area contributed by atoms with Gasteiger partial charge < -0.3 is 9.88 Å². The molecule has 1 aliphatic heterocycles. The summed E-state index contributed by atoms with van der Waals surface area (Å²) < 4.78 is 43.6. The molecule has 10 heteroatoms. The third-order valence-corrected chi connectivity index (χ3v) is 5.26. The van der Waals surface area contributed by atoms with Crippen LogP contribution in [0.15, 0.2) is 24.8 Å². The molecule has 0 spiro atoms. The highest BCUT2D eigenvalue weighted by atomic mass is 19.4. The van der Waals surface area contributed by atoms with Crippen LogP contribution >= 0.6 is 0 Å². The van der Waals surface area contributed by atoms with Crippen molar-refractivity contribution >= 4 is 11.6 Å². The lowest BCUT2D eigenvalue weighted by Crippen LogP contribution is -2.12. The summed E-state index contributed by atoms with van der Waals surface area (Å²) in [5.41, 5.74) is 0.728. The molecule has 0 unspecified atom stereocenters. The SMILES string of the molecule is Cc1nn([C@@H]2CCn3ccnc32)cc1Nc1ncc(C(F)(F)F)c(C2CC2)n1. The van der Waals surface area contributed by atoms with Crippen LogP contribution in [-0.2, 0) is 12.7 Å². The zero-order valence-electron chi connectivity index (χ0n) is 15.1. The number of hydrogen-bond acceptors (Lipinski definition) is 5. The number of aryl methyl sites for hydroxylation is 2. The van der Waals surface area contributed by atoms with Crippen LogP contribution in [0.2, 0.25) is 0 Å². The van der Waals surface area contributed by atoms with Gasteiger partial charge in [-0.3, -0.25) is 4.68 Å². The number of halogens is 3. The van der Waals surface area contributed by atoms with Crippen LogP contribution in [0.1, 0.15) is 54.0 Å². The van der Waals surface area contributed by atoms with Crippen LogP contribution in [0.3, 0.4) is 0 Å². The molecule has 0 radical (unpaired) electrons. The maximum Gasteiger partial charge on any atom is 0.419 e. The standard InChI is InChI=1S/C18H18F3N7/c1-10-13(9-28(26-10)14-4-6-27-7-5-22-16(14)27)24-17-23-8-12(18(19,20)21)15(25-17)11-2-3-11/h5,7-9,11,14H,2-4,6H2,1H3,(H,23,24,25)/t14-/m1/s1. The van der Waals surface area contributed by atoms with Crippen LogP contribution < -0.4 is 5.32 Å². The van der Waals surface area contributed by atoms with Crippen molar-refractivity contribution in [1.29, 1.82) is 0 Å². The van der Waals surface area contributed by atoms with Crippen LogP contribution in [0.25, 0.3) is 0 Å². The summed E-state index contributed by atoms with van der Waals surface area (Å²) in [5.74, 6) is 0.975. The largest absolute Gasteiger partial charge is 0.419 e. The van der Waals surface area contributed by atoms with Crippen molar-refractivity contribution in [3.63, 3.8) is 0 Å². The van der Waals surface area contributed by atoms with Gasteiger partial charge in [0, 0.05) is 37.3 Å². The molecule has 4 heterocycles. The van der Waals surface area contributed by atoms with Crippen molar-refractivity contribution in [2.24, 2.45) is 0 Å². The molecule has 3 aromatic heterocycles. The summed E-state index contributed by atoms with van der Waals surface area (Å²) in [6.45, 7) is 2.72. The number of fused-ring (bicyclic) bond motifs is 1. The van der Waals surface area contributed by atoms with Gasteiger partial charge in [-0.1, -0.05) is 0 Å². The zero-order valence-corrected chi connectivity index (χ0v) is 15.1. The normalized spacial score (nSPS) is 19.1. The quantitative estimate of drug-likeness (QED) is 0.735. The summed E-state index contributed by atoms with van der Waals surface area (Å²) in [6, 6.07) is 0.0415. The lowest BCUT2D eigenvalue weighted by atomic mass is 10.1. The Balaban J connectivity index is 1.43. The van der Waals surface area contributed by atoms with Crippen molar-refractivity contribution in [3.8, 4) is 0 Å². The van der Waals surface area contributed by atoms with E-state index in [9.17, 15) is 13.2 Å². The van der Waals surface area contributed by atoms with Gasteiger partial charge in [-0.25, -0.2) is 15.0 Å². The molecule has 0 saturated heterocycles. The maximum absolute atomic E-state index is 13.2. The van der Waals surface area contributed by atoms with E-state index in [1.807, 2.05) is 24.0 Å². The average molecular weight is 389 g/mol. The molecule has 28 heavy (non-hydrogen) atoms. The van der Waals surface area contributed by atoms with Gasteiger partial charge in [-0.2, -0.15) is 18.3 Å². The van der Waals surface area contributed by atoms with Crippen LogP contribution in [-0.4, -0.2) is 29.3 Å². The highest BCUT2D eigenvalue weighted by Crippen LogP contribution is 2.45. The van der Waals surface area contributed by atoms with E-state index in [0.29, 0.717) is 5.69 Å². The Morgan fingerprint density at radius 1 is 1.18 bits per heavy atom. The van der Waals surface area contributed by atoms with Crippen molar-refractivity contribution in [1.82, 2.24) is 29.3 Å². The lowest BCUT2D eigenvalue weighted by Gasteiger charge is -2.12. The summed E-state index contributed by atoms with van der Waals surface area (Å²) in [5, 5.41) is 7.59. The maximum atomic E-state index is 13.2. The van der Waals surface area contributed by atoms with Gasteiger partial charge in [0.05, 0.1) is 22.6 Å². The second-order valence-electron chi connectivity index (χ2n) is 7.28. The Bertz CT molecular complexity index is 1030. The Labute approximate surface area is 158 Å². The molecule has 0 aromatic carbocycles. The van der Waals surface area contributed by atoms with E-state index in [0.717, 1.165) is 43.5 Å². The summed E-state index contributed by atoms with van der Waals surface area (Å²) >= 11 is 0. The van der Waals surface area contributed by atoms with E-state index < -0.39 is 11.7 Å². The Morgan fingerprint density at radius 3 is 2.75 bits per heavy atom. The second kappa shape index (κ2) is 6.05. The number of aromatic nitrogens is 6. The first kappa shape index (κ1) is 17.2. The highest BCUT2D eigenvalue weighted by molar-refractivity contribution is 5.55. The predicted octanol–water partition coefficient (Wildman–Crippen LogP) is 3.81. The smallest absolute Gasteiger partial charge is 0.333 e. The fourth-order valence-corrected chi connectivity index (χ4v) is 3.67. The molecular formula is C18H18F3N7. The number of alkyl halides is 3. The van der Waals surface area contributed by atoms with E-state index in [1.165, 1.54) is 0 Å². The summed E-state index contributed by atoms with van der Waals surface area (Å²) in [6.07, 6.45) is 4.33. The van der Waals surface area contributed by atoms with Gasteiger partial charge in [0.25, 0.3) is 0 Å². The van der Waals surface area contributed by atoms with Gasteiger partial charge >= 0.3 is 6.18 Å². The van der Waals surface area contributed by atoms with E-state index in [-0.39, 0.29) is 23.6 Å². The molecule has 1 aliphatic carbocycles. The van der Waals surface area contributed by atoms with Crippen LogP contribution in [0.4, 0.5) is 24.8 Å². The topological polar surface area (TPSA) is 73.5 Å². The molecule has 1 atom stereocenters. The van der Waals surface area contributed by atoms with Gasteiger partial charge in [-0.05, 0) is 26.2 Å². The second-order valence-corrected chi connectivity index (χ2v) is 7.28. The number of nitrogens with one attached hydrogen (secondary N) is 1. The summed E-state index contributed by atoms with van der Waals surface area (Å²) in [7, 11) is 0. The van der Waals surface area contributed by atoms with E-state index in [2.05, 4.69) is 29.9 Å². The zero-order chi connectivity index (χ0) is 19.5. The fraction of sp³-hybridized carbons (Fsp3) is 0.444. The molecule has 1 fully saturated rings. The first-order valence-corrected chi connectivity index (χ1v) is 9.18. The third-order valence-electron chi connectivity index (χ3n) is 5.26. The Kier molecular flexibility index (Phi) is 3.72. The Morgan fingerprint density at radius 2 is 2.00 bits per heavy atom. The molecule has 5 rings (SSSR count). The highest BCUT2D eigenvalue weighted by Gasteiger charge is 2.40. The molecule has 3 aromatic rings. The number of rotatable bonds is 4. The van der Waals surface area contributed by atoms with E-state index >= 15 is 0 Å². The average Bonchev–Trinajstić information content (AvgIpc) is 3.08. The van der Waals surface area contributed by atoms with Gasteiger partial charge in [0.2, 0.25) is 5.95 Å². The first-order valence-electron chi connectivity index (χ1n) is 9.18. The van der Waals surface area contributed by atoms with Gasteiger partial charge in [0.15, 0.2) is 0 Å². The minimum absolute atomic E-state index is 0.0415. The first-order chi connectivity index (χ1) is 13.4. The minimum Gasteiger partial charge on any atom is -0.333 e.